The van der Waals surface area contributed by atoms with E-state index >= 15 is 0 Å². The van der Waals surface area contributed by atoms with Gasteiger partial charge in [-0.3, -0.25) is 14.4 Å². The fraction of sp³-hybridized carbons (Fsp3) is 0.211. The molecule has 0 saturated heterocycles. The monoisotopic (exact) mass is 390 g/mol. The van der Waals surface area contributed by atoms with Crippen LogP contribution in [0, 0.1) is 5.82 Å². The Hall–Kier alpha value is -2.93. The van der Waals surface area contributed by atoms with Crippen LogP contribution in [0.25, 0.3) is 0 Å². The first kappa shape index (κ1) is 18.8. The van der Waals surface area contributed by atoms with E-state index in [1.165, 1.54) is 12.1 Å². The Morgan fingerprint density at radius 2 is 2.04 bits per heavy atom. The highest BCUT2D eigenvalue weighted by Gasteiger charge is 2.32. The van der Waals surface area contributed by atoms with Gasteiger partial charge in [-0.05, 0) is 29.3 Å². The Labute approximate surface area is 159 Å². The van der Waals surface area contributed by atoms with Gasteiger partial charge in [-0.1, -0.05) is 35.9 Å². The number of carboxylic acid groups (broad SMARTS) is 1. The van der Waals surface area contributed by atoms with Crippen molar-refractivity contribution in [1.82, 2.24) is 5.32 Å². The number of fused-ring (bicyclic) bond motifs is 1. The lowest BCUT2D eigenvalue weighted by molar-refractivity contribution is -0.138. The molecule has 0 aromatic heterocycles. The molecule has 140 valence electrons. The number of amides is 2. The summed E-state index contributed by atoms with van der Waals surface area (Å²) in [6, 6.07) is 9.81. The molecule has 0 spiro atoms. The Bertz CT molecular complexity index is 918. The minimum atomic E-state index is -1.16. The predicted molar refractivity (Wildman–Crippen MR) is 97.0 cm³/mol. The molecule has 2 unspecified atom stereocenters. The number of hydrogen-bond donors (Lipinski definition) is 3. The van der Waals surface area contributed by atoms with E-state index in [1.807, 2.05) is 0 Å². The second-order valence-corrected chi connectivity index (χ2v) is 6.63. The van der Waals surface area contributed by atoms with Crippen molar-refractivity contribution >= 4 is 35.1 Å². The van der Waals surface area contributed by atoms with Gasteiger partial charge in [0.05, 0.1) is 23.4 Å². The molecule has 0 radical (unpaired) electrons. The number of nitrogens with one attached hydrogen (secondary N) is 2. The average molecular weight is 391 g/mol. The van der Waals surface area contributed by atoms with E-state index in [0.717, 1.165) is 6.07 Å². The maximum atomic E-state index is 13.8. The van der Waals surface area contributed by atoms with Crippen molar-refractivity contribution in [1.29, 1.82) is 0 Å². The number of rotatable bonds is 5. The lowest BCUT2D eigenvalue weighted by Gasteiger charge is -2.27. The van der Waals surface area contributed by atoms with Crippen LogP contribution in [-0.4, -0.2) is 22.9 Å². The molecule has 0 saturated carbocycles. The number of hydrogen-bond acceptors (Lipinski definition) is 3. The quantitative estimate of drug-likeness (QED) is 0.730. The van der Waals surface area contributed by atoms with Gasteiger partial charge >= 0.3 is 5.97 Å². The van der Waals surface area contributed by atoms with Gasteiger partial charge in [0, 0.05) is 12.1 Å². The summed E-state index contributed by atoms with van der Waals surface area (Å²) in [7, 11) is 0. The highest BCUT2D eigenvalue weighted by Crippen LogP contribution is 2.33. The molecule has 1 aliphatic rings. The predicted octanol–water partition coefficient (Wildman–Crippen LogP) is 3.24. The van der Waals surface area contributed by atoms with Gasteiger partial charge in [0.1, 0.15) is 5.82 Å². The molecule has 0 aliphatic carbocycles. The number of carboxylic acids is 1. The lowest BCUT2D eigenvalue weighted by atomic mass is 9.89. The first-order chi connectivity index (χ1) is 12.8. The van der Waals surface area contributed by atoms with E-state index in [0.29, 0.717) is 11.3 Å². The molecule has 3 rings (SSSR count). The molecule has 27 heavy (non-hydrogen) atoms. The topological polar surface area (TPSA) is 95.5 Å². The Morgan fingerprint density at radius 3 is 2.74 bits per heavy atom. The Morgan fingerprint density at radius 1 is 1.30 bits per heavy atom. The summed E-state index contributed by atoms with van der Waals surface area (Å²) in [5, 5.41) is 14.4. The third-order valence-corrected chi connectivity index (χ3v) is 4.66. The van der Waals surface area contributed by atoms with Crippen LogP contribution in [0.15, 0.2) is 42.5 Å². The van der Waals surface area contributed by atoms with Crippen molar-refractivity contribution in [2.24, 2.45) is 0 Å². The highest BCUT2D eigenvalue weighted by atomic mass is 35.5. The summed E-state index contributed by atoms with van der Waals surface area (Å²) in [6.45, 7) is 0. The lowest BCUT2D eigenvalue weighted by Crippen LogP contribution is -2.37. The van der Waals surface area contributed by atoms with Crippen LogP contribution in [0.4, 0.5) is 10.1 Å². The van der Waals surface area contributed by atoms with Crippen LogP contribution in [0.1, 0.15) is 35.9 Å². The third-order valence-electron chi connectivity index (χ3n) is 4.36. The minimum absolute atomic E-state index is 0.0579. The molecule has 0 fully saturated rings. The smallest absolute Gasteiger partial charge is 0.305 e. The normalized spacial score (nSPS) is 16.8. The number of halogens is 2. The molecule has 8 heteroatoms. The van der Waals surface area contributed by atoms with E-state index in [-0.39, 0.29) is 22.9 Å². The number of para-hydroxylation sites is 1. The summed E-state index contributed by atoms with van der Waals surface area (Å²) >= 11 is 5.67. The Kier molecular flexibility index (Phi) is 5.41. The molecule has 2 amide bonds. The number of carbonyl (C=O) groups excluding carboxylic acids is 2. The van der Waals surface area contributed by atoms with Crippen LogP contribution >= 0.6 is 11.6 Å². The number of benzene rings is 2. The maximum Gasteiger partial charge on any atom is 0.305 e. The Balaban J connectivity index is 1.87. The summed E-state index contributed by atoms with van der Waals surface area (Å²) in [6.07, 6.45) is -0.495. The van der Waals surface area contributed by atoms with E-state index in [2.05, 4.69) is 10.6 Å². The maximum absolute atomic E-state index is 13.8. The van der Waals surface area contributed by atoms with Gasteiger partial charge in [-0.25, -0.2) is 4.39 Å². The van der Waals surface area contributed by atoms with Gasteiger partial charge in [-0.15, -0.1) is 0 Å². The molecule has 0 bridgehead atoms. The van der Waals surface area contributed by atoms with Crippen LogP contribution < -0.4 is 10.6 Å². The van der Waals surface area contributed by atoms with Gasteiger partial charge in [0.25, 0.3) is 0 Å². The molecular formula is C19H16ClFN2O4. The fourth-order valence-corrected chi connectivity index (χ4v) is 3.19. The standard InChI is InChI=1S/C19H16ClFN2O4/c20-13-6-5-10(7-14(13)21)16(9-18(25)26)23-19(27)12-8-17(24)22-15-4-2-1-3-11(12)15/h1-7,12,16H,8-9H2,(H,22,24)(H,23,27)(H,25,26). The molecular weight excluding hydrogens is 375 g/mol. The molecule has 1 heterocycles. The second kappa shape index (κ2) is 7.75. The summed E-state index contributed by atoms with van der Waals surface area (Å²) in [5.74, 6) is -3.43. The van der Waals surface area contributed by atoms with E-state index in [9.17, 15) is 18.8 Å². The zero-order chi connectivity index (χ0) is 19.6. The van der Waals surface area contributed by atoms with Crippen molar-refractivity contribution in [3.8, 4) is 0 Å². The SMILES string of the molecule is O=C(O)CC(NC(=O)C1CC(=O)Nc2ccccc21)c1ccc(Cl)c(F)c1. The van der Waals surface area contributed by atoms with Crippen LogP contribution in [0.5, 0.6) is 0 Å². The molecule has 2 aromatic rings. The van der Waals surface area contributed by atoms with Crippen LogP contribution in [0.2, 0.25) is 5.02 Å². The van der Waals surface area contributed by atoms with Crippen LogP contribution in [0.3, 0.4) is 0 Å². The summed E-state index contributed by atoms with van der Waals surface area (Å²) < 4.78 is 13.8. The van der Waals surface area contributed by atoms with Crippen molar-refractivity contribution in [2.45, 2.75) is 24.8 Å². The minimum Gasteiger partial charge on any atom is -0.481 e. The van der Waals surface area contributed by atoms with Gasteiger partial charge in [-0.2, -0.15) is 0 Å². The van der Waals surface area contributed by atoms with Gasteiger partial charge < -0.3 is 15.7 Å². The third kappa shape index (κ3) is 4.25. The van der Waals surface area contributed by atoms with Crippen molar-refractivity contribution in [3.05, 3.63) is 64.4 Å². The van der Waals surface area contributed by atoms with Crippen molar-refractivity contribution in [3.63, 3.8) is 0 Å². The molecule has 1 aliphatic heterocycles. The highest BCUT2D eigenvalue weighted by molar-refractivity contribution is 6.30. The summed E-state index contributed by atoms with van der Waals surface area (Å²) in [4.78, 5) is 35.9. The first-order valence-corrected chi connectivity index (χ1v) is 8.59. The summed E-state index contributed by atoms with van der Waals surface area (Å²) in [5.41, 5.74) is 1.47. The van der Waals surface area contributed by atoms with Crippen molar-refractivity contribution < 1.29 is 23.9 Å². The van der Waals surface area contributed by atoms with Crippen LogP contribution in [-0.2, 0) is 14.4 Å². The van der Waals surface area contributed by atoms with Crippen molar-refractivity contribution in [2.75, 3.05) is 5.32 Å². The molecule has 2 aromatic carbocycles. The number of aliphatic carboxylic acids is 1. The zero-order valence-corrected chi connectivity index (χ0v) is 14.8. The van der Waals surface area contributed by atoms with E-state index in [1.54, 1.807) is 24.3 Å². The van der Waals surface area contributed by atoms with Gasteiger partial charge in [0.15, 0.2) is 0 Å². The molecule has 2 atom stereocenters. The first-order valence-electron chi connectivity index (χ1n) is 8.21. The zero-order valence-electron chi connectivity index (χ0n) is 14.0. The largest absolute Gasteiger partial charge is 0.481 e. The fourth-order valence-electron chi connectivity index (χ4n) is 3.07. The van der Waals surface area contributed by atoms with E-state index in [4.69, 9.17) is 16.7 Å². The van der Waals surface area contributed by atoms with E-state index < -0.39 is 36.1 Å². The van der Waals surface area contributed by atoms with Gasteiger partial charge in [0.2, 0.25) is 11.8 Å². The molecule has 6 nitrogen and oxygen atoms in total. The second-order valence-electron chi connectivity index (χ2n) is 6.22. The number of carbonyl (C=O) groups is 3. The number of anilines is 1. The molecule has 3 N–H and O–H groups in total. The average Bonchev–Trinajstić information content (AvgIpc) is 2.62.